The van der Waals surface area contributed by atoms with E-state index in [0.29, 0.717) is 11.3 Å². The number of halogens is 1. The Kier molecular flexibility index (Phi) is 3.60. The van der Waals surface area contributed by atoms with E-state index < -0.39 is 0 Å². The molecule has 0 N–H and O–H groups in total. The number of fused-ring (bicyclic) bond motifs is 1. The van der Waals surface area contributed by atoms with Gasteiger partial charge in [0.15, 0.2) is 5.78 Å². The first-order chi connectivity index (χ1) is 10.0. The zero-order chi connectivity index (χ0) is 15.0. The molecule has 0 unspecified atom stereocenters. The van der Waals surface area contributed by atoms with Crippen LogP contribution in [-0.2, 0) is 6.42 Å². The van der Waals surface area contributed by atoms with Crippen molar-refractivity contribution >= 4 is 27.2 Å². The molecule has 0 amide bonds. The average molecular weight is 298 g/mol. The number of rotatable bonds is 3. The quantitative estimate of drug-likeness (QED) is 0.616. The molecule has 0 bridgehead atoms. The molecule has 0 saturated heterocycles. The van der Waals surface area contributed by atoms with Gasteiger partial charge < -0.3 is 0 Å². The number of hydrogen-bond donors (Lipinski definition) is 0. The first-order valence-electron chi connectivity index (χ1n) is 6.81. The molecule has 0 spiro atoms. The van der Waals surface area contributed by atoms with Gasteiger partial charge in [0.1, 0.15) is 5.82 Å². The van der Waals surface area contributed by atoms with Gasteiger partial charge in [-0.2, -0.15) is 0 Å². The lowest BCUT2D eigenvalue weighted by Crippen LogP contribution is -2.01. The molecule has 0 fully saturated rings. The SMILES string of the molecule is Cc1cc(C)cc(CC(=O)c2cc3ccc(F)cc3s2)c1. The maximum absolute atomic E-state index is 13.2. The van der Waals surface area contributed by atoms with Gasteiger partial charge in [0, 0.05) is 11.1 Å². The summed E-state index contributed by atoms with van der Waals surface area (Å²) in [7, 11) is 0. The molecule has 0 aliphatic carbocycles. The summed E-state index contributed by atoms with van der Waals surface area (Å²) in [5, 5.41) is 0.921. The molecule has 0 aliphatic rings. The van der Waals surface area contributed by atoms with Crippen molar-refractivity contribution in [2.24, 2.45) is 0 Å². The van der Waals surface area contributed by atoms with Gasteiger partial charge in [0.25, 0.3) is 0 Å². The topological polar surface area (TPSA) is 17.1 Å². The van der Waals surface area contributed by atoms with Gasteiger partial charge >= 0.3 is 0 Å². The minimum atomic E-state index is -0.266. The minimum absolute atomic E-state index is 0.0848. The van der Waals surface area contributed by atoms with Gasteiger partial charge in [0.2, 0.25) is 0 Å². The van der Waals surface area contributed by atoms with E-state index in [-0.39, 0.29) is 11.6 Å². The molecule has 1 heterocycles. The predicted molar refractivity (Wildman–Crippen MR) is 85.7 cm³/mol. The lowest BCUT2D eigenvalue weighted by molar-refractivity contribution is 0.0997. The molecule has 0 aliphatic heterocycles. The Morgan fingerprint density at radius 3 is 2.48 bits per heavy atom. The molecule has 3 aromatic rings. The Morgan fingerprint density at radius 1 is 1.05 bits per heavy atom. The smallest absolute Gasteiger partial charge is 0.177 e. The fraction of sp³-hybridized carbons (Fsp3) is 0.167. The maximum Gasteiger partial charge on any atom is 0.177 e. The number of hydrogen-bond acceptors (Lipinski definition) is 2. The number of carbonyl (C=O) groups excluding carboxylic acids is 1. The fourth-order valence-corrected chi connectivity index (χ4v) is 3.61. The van der Waals surface area contributed by atoms with E-state index in [4.69, 9.17) is 0 Å². The molecular formula is C18H15FOS. The van der Waals surface area contributed by atoms with E-state index in [2.05, 4.69) is 6.07 Å². The molecule has 106 valence electrons. The van der Waals surface area contributed by atoms with Crippen molar-refractivity contribution in [1.29, 1.82) is 0 Å². The van der Waals surface area contributed by atoms with Gasteiger partial charge in [-0.1, -0.05) is 35.4 Å². The largest absolute Gasteiger partial charge is 0.293 e. The van der Waals surface area contributed by atoms with Crippen LogP contribution in [0.25, 0.3) is 10.1 Å². The third-order valence-electron chi connectivity index (χ3n) is 3.40. The van der Waals surface area contributed by atoms with Crippen molar-refractivity contribution in [3.63, 3.8) is 0 Å². The highest BCUT2D eigenvalue weighted by Crippen LogP contribution is 2.27. The van der Waals surface area contributed by atoms with E-state index in [1.165, 1.54) is 23.5 Å². The van der Waals surface area contributed by atoms with Crippen LogP contribution in [0.5, 0.6) is 0 Å². The Balaban J connectivity index is 1.89. The van der Waals surface area contributed by atoms with Gasteiger partial charge in [-0.05, 0) is 43.0 Å². The van der Waals surface area contributed by atoms with Crippen molar-refractivity contribution in [2.45, 2.75) is 20.3 Å². The summed E-state index contributed by atoms with van der Waals surface area (Å²) < 4.78 is 14.0. The molecule has 2 aromatic carbocycles. The van der Waals surface area contributed by atoms with Crippen LogP contribution in [0.1, 0.15) is 26.4 Å². The second kappa shape index (κ2) is 5.41. The van der Waals surface area contributed by atoms with E-state index in [1.807, 2.05) is 32.0 Å². The molecule has 21 heavy (non-hydrogen) atoms. The van der Waals surface area contributed by atoms with Crippen molar-refractivity contribution < 1.29 is 9.18 Å². The fourth-order valence-electron chi connectivity index (χ4n) is 2.59. The minimum Gasteiger partial charge on any atom is -0.293 e. The molecular weight excluding hydrogens is 283 g/mol. The molecule has 0 atom stereocenters. The zero-order valence-corrected chi connectivity index (χ0v) is 12.8. The number of Topliss-reactive ketones (excluding diaryl/α,β-unsaturated/α-hetero) is 1. The summed E-state index contributed by atoms with van der Waals surface area (Å²) in [6.45, 7) is 4.06. The van der Waals surface area contributed by atoms with E-state index >= 15 is 0 Å². The summed E-state index contributed by atoms with van der Waals surface area (Å²) >= 11 is 1.36. The Bertz CT molecular complexity index is 812. The second-order valence-corrected chi connectivity index (χ2v) is 6.47. The van der Waals surface area contributed by atoms with Gasteiger partial charge in [-0.15, -0.1) is 11.3 Å². The molecule has 3 heteroatoms. The van der Waals surface area contributed by atoms with Crippen LogP contribution in [0.2, 0.25) is 0 Å². The number of thiophene rings is 1. The van der Waals surface area contributed by atoms with E-state index in [0.717, 1.165) is 26.8 Å². The Morgan fingerprint density at radius 2 is 1.76 bits per heavy atom. The predicted octanol–water partition coefficient (Wildman–Crippen LogP) is 5.08. The monoisotopic (exact) mass is 298 g/mol. The normalized spacial score (nSPS) is 11.0. The maximum atomic E-state index is 13.2. The second-order valence-electron chi connectivity index (χ2n) is 5.39. The molecule has 1 aromatic heterocycles. The van der Waals surface area contributed by atoms with Crippen LogP contribution < -0.4 is 0 Å². The highest BCUT2D eigenvalue weighted by atomic mass is 32.1. The van der Waals surface area contributed by atoms with Crippen LogP contribution in [0.4, 0.5) is 4.39 Å². The summed E-state index contributed by atoms with van der Waals surface area (Å²) in [5.74, 6) is -0.181. The van der Waals surface area contributed by atoms with Crippen LogP contribution in [0.15, 0.2) is 42.5 Å². The highest BCUT2D eigenvalue weighted by molar-refractivity contribution is 7.20. The lowest BCUT2D eigenvalue weighted by atomic mass is 10.0. The first kappa shape index (κ1) is 14.0. The zero-order valence-electron chi connectivity index (χ0n) is 11.9. The van der Waals surface area contributed by atoms with Gasteiger partial charge in [-0.3, -0.25) is 4.79 Å². The van der Waals surface area contributed by atoms with Crippen molar-refractivity contribution in [3.05, 3.63) is 69.8 Å². The summed E-state index contributed by atoms with van der Waals surface area (Å²) in [6.07, 6.45) is 0.387. The third-order valence-corrected chi connectivity index (χ3v) is 4.54. The first-order valence-corrected chi connectivity index (χ1v) is 7.62. The van der Waals surface area contributed by atoms with Crippen molar-refractivity contribution in [1.82, 2.24) is 0 Å². The Labute approximate surface area is 127 Å². The molecule has 0 saturated carbocycles. The average Bonchev–Trinajstić information content (AvgIpc) is 2.80. The number of aryl methyl sites for hydroxylation is 2. The number of benzene rings is 2. The van der Waals surface area contributed by atoms with E-state index in [9.17, 15) is 9.18 Å². The van der Waals surface area contributed by atoms with Crippen LogP contribution >= 0.6 is 11.3 Å². The highest BCUT2D eigenvalue weighted by Gasteiger charge is 2.12. The molecule has 3 rings (SSSR count). The Hall–Kier alpha value is -2.00. The van der Waals surface area contributed by atoms with Crippen molar-refractivity contribution in [2.75, 3.05) is 0 Å². The standard InChI is InChI=1S/C18H15FOS/c1-11-5-12(2)7-13(6-11)8-16(20)18-9-14-3-4-15(19)10-17(14)21-18/h3-7,9-10H,8H2,1-2H3. The third kappa shape index (κ3) is 3.03. The van der Waals surface area contributed by atoms with Crippen molar-refractivity contribution in [3.8, 4) is 0 Å². The van der Waals surface area contributed by atoms with Gasteiger partial charge in [-0.25, -0.2) is 4.39 Å². The van der Waals surface area contributed by atoms with Crippen LogP contribution in [0.3, 0.4) is 0 Å². The lowest BCUT2D eigenvalue weighted by Gasteiger charge is -2.03. The van der Waals surface area contributed by atoms with E-state index in [1.54, 1.807) is 6.07 Å². The summed E-state index contributed by atoms with van der Waals surface area (Å²) in [6, 6.07) is 12.6. The molecule has 0 radical (unpaired) electrons. The van der Waals surface area contributed by atoms with Crippen LogP contribution in [-0.4, -0.2) is 5.78 Å². The van der Waals surface area contributed by atoms with Crippen LogP contribution in [0, 0.1) is 19.7 Å². The number of ketones is 1. The van der Waals surface area contributed by atoms with Gasteiger partial charge in [0.05, 0.1) is 4.88 Å². The number of carbonyl (C=O) groups is 1. The molecule has 1 nitrogen and oxygen atoms in total. The summed E-state index contributed by atoms with van der Waals surface area (Å²) in [4.78, 5) is 13.1. The summed E-state index contributed by atoms with van der Waals surface area (Å²) in [5.41, 5.74) is 3.36.